The maximum absolute atomic E-state index is 12.2. The third-order valence-corrected chi connectivity index (χ3v) is 3.88. The molecule has 0 atom stereocenters. The molecule has 0 bridgehead atoms. The Kier molecular flexibility index (Phi) is 3.92. The van der Waals surface area contributed by atoms with E-state index in [0.717, 1.165) is 27.9 Å². The van der Waals surface area contributed by atoms with Crippen LogP contribution in [0.4, 0.5) is 0 Å². The lowest BCUT2D eigenvalue weighted by molar-refractivity contribution is 0.0950. The number of aromatic nitrogens is 1. The van der Waals surface area contributed by atoms with Crippen LogP contribution in [0.5, 0.6) is 5.75 Å². The molecule has 21 heavy (non-hydrogen) atoms. The summed E-state index contributed by atoms with van der Waals surface area (Å²) in [4.78, 5) is 16.3. The van der Waals surface area contributed by atoms with Crippen molar-refractivity contribution in [1.82, 2.24) is 10.3 Å². The number of pyridine rings is 1. The number of nitrogens with zero attached hydrogens (tertiary/aromatic N) is 1. The Labute approximate surface area is 131 Å². The number of rotatable bonds is 3. The second-order valence-corrected chi connectivity index (χ2v) is 5.94. The van der Waals surface area contributed by atoms with Gasteiger partial charge in [-0.1, -0.05) is 15.9 Å². The van der Waals surface area contributed by atoms with E-state index < -0.39 is 0 Å². The first kappa shape index (κ1) is 14.1. The molecule has 0 radical (unpaired) electrons. The number of aryl methyl sites for hydroxylation is 1. The first-order valence-corrected chi connectivity index (χ1v) is 7.58. The van der Waals surface area contributed by atoms with Gasteiger partial charge in [0.2, 0.25) is 0 Å². The van der Waals surface area contributed by atoms with E-state index in [0.29, 0.717) is 18.7 Å². The van der Waals surface area contributed by atoms with Crippen LogP contribution in [0.25, 0.3) is 0 Å². The van der Waals surface area contributed by atoms with Gasteiger partial charge in [-0.15, -0.1) is 0 Å². The van der Waals surface area contributed by atoms with Crippen molar-refractivity contribution in [2.75, 3.05) is 6.61 Å². The van der Waals surface area contributed by atoms with E-state index in [1.165, 1.54) is 5.56 Å². The minimum atomic E-state index is -0.104. The average molecular weight is 347 g/mol. The number of fused-ring (bicyclic) bond motifs is 1. The van der Waals surface area contributed by atoms with Gasteiger partial charge in [0.05, 0.1) is 6.61 Å². The van der Waals surface area contributed by atoms with Crippen LogP contribution in [-0.4, -0.2) is 17.5 Å². The number of ether oxygens (including phenoxy) is 1. The molecule has 2 aromatic rings. The Morgan fingerprint density at radius 2 is 2.29 bits per heavy atom. The molecule has 1 aliphatic heterocycles. The Bertz CT molecular complexity index is 701. The molecule has 1 aliphatic rings. The Hall–Kier alpha value is -1.88. The molecule has 0 unspecified atom stereocenters. The van der Waals surface area contributed by atoms with Gasteiger partial charge in [0.1, 0.15) is 5.75 Å². The van der Waals surface area contributed by atoms with E-state index in [-0.39, 0.29) is 5.91 Å². The highest BCUT2D eigenvalue weighted by Gasteiger charge is 2.18. The Morgan fingerprint density at radius 1 is 1.43 bits per heavy atom. The quantitative estimate of drug-likeness (QED) is 0.929. The summed E-state index contributed by atoms with van der Waals surface area (Å²) in [5.74, 6) is 0.802. The molecule has 1 aromatic heterocycles. The van der Waals surface area contributed by atoms with E-state index in [9.17, 15) is 4.79 Å². The molecular weight excluding hydrogens is 332 g/mol. The third kappa shape index (κ3) is 3.08. The smallest absolute Gasteiger partial charge is 0.251 e. The zero-order valence-corrected chi connectivity index (χ0v) is 13.2. The molecule has 0 fully saturated rings. The van der Waals surface area contributed by atoms with Crippen molar-refractivity contribution in [3.63, 3.8) is 0 Å². The van der Waals surface area contributed by atoms with Crippen LogP contribution in [0.3, 0.4) is 0 Å². The van der Waals surface area contributed by atoms with E-state index in [4.69, 9.17) is 4.74 Å². The highest BCUT2D eigenvalue weighted by Crippen LogP contribution is 2.32. The minimum Gasteiger partial charge on any atom is -0.493 e. The molecule has 1 aromatic carbocycles. The highest BCUT2D eigenvalue weighted by molar-refractivity contribution is 9.10. The maximum atomic E-state index is 12.2. The van der Waals surface area contributed by atoms with Gasteiger partial charge < -0.3 is 10.1 Å². The summed E-state index contributed by atoms with van der Waals surface area (Å²) >= 11 is 3.50. The van der Waals surface area contributed by atoms with Gasteiger partial charge in [-0.3, -0.25) is 9.78 Å². The van der Waals surface area contributed by atoms with Crippen LogP contribution in [0.1, 0.15) is 27.2 Å². The second-order valence-electron chi connectivity index (χ2n) is 5.02. The molecule has 3 rings (SSSR count). The number of carbonyl (C=O) groups excluding carboxylic acids is 1. The van der Waals surface area contributed by atoms with Crippen LogP contribution in [0.2, 0.25) is 0 Å². The molecular formula is C16H15BrN2O2. The van der Waals surface area contributed by atoms with Crippen molar-refractivity contribution in [3.05, 3.63) is 57.3 Å². The highest BCUT2D eigenvalue weighted by atomic mass is 79.9. The number of carbonyl (C=O) groups is 1. The lowest BCUT2D eigenvalue weighted by atomic mass is 10.1. The molecule has 0 aliphatic carbocycles. The number of halogens is 1. The topological polar surface area (TPSA) is 51.2 Å². The van der Waals surface area contributed by atoms with Crippen LogP contribution in [0, 0.1) is 6.92 Å². The second kappa shape index (κ2) is 5.85. The van der Waals surface area contributed by atoms with Crippen molar-refractivity contribution in [1.29, 1.82) is 0 Å². The Balaban J connectivity index is 1.75. The van der Waals surface area contributed by atoms with Gasteiger partial charge in [0.25, 0.3) is 5.91 Å². The zero-order valence-electron chi connectivity index (χ0n) is 11.6. The van der Waals surface area contributed by atoms with Crippen LogP contribution >= 0.6 is 15.9 Å². The van der Waals surface area contributed by atoms with Gasteiger partial charge in [-0.25, -0.2) is 0 Å². The molecule has 0 saturated carbocycles. The monoisotopic (exact) mass is 346 g/mol. The fourth-order valence-corrected chi connectivity index (χ4v) is 2.99. The van der Waals surface area contributed by atoms with Crippen molar-refractivity contribution in [2.24, 2.45) is 0 Å². The summed E-state index contributed by atoms with van der Waals surface area (Å²) in [5, 5.41) is 2.93. The van der Waals surface area contributed by atoms with Gasteiger partial charge >= 0.3 is 0 Å². The number of benzene rings is 1. The number of hydrogen-bond acceptors (Lipinski definition) is 3. The first-order valence-electron chi connectivity index (χ1n) is 6.78. The maximum Gasteiger partial charge on any atom is 0.251 e. The summed E-state index contributed by atoms with van der Waals surface area (Å²) in [7, 11) is 0. The van der Waals surface area contributed by atoms with Crippen molar-refractivity contribution >= 4 is 21.8 Å². The standard InChI is InChI=1S/C16H15BrN2O2/c1-10-6-12(2-4-18-10)16(20)19-9-13-8-14(17)7-11-3-5-21-15(11)13/h2,4,6-8H,3,5,9H2,1H3,(H,19,20). The van der Waals surface area contributed by atoms with Crippen LogP contribution < -0.4 is 10.1 Å². The molecule has 0 saturated heterocycles. The lowest BCUT2D eigenvalue weighted by Gasteiger charge is -2.10. The van der Waals surface area contributed by atoms with Gasteiger partial charge in [0, 0.05) is 40.5 Å². The predicted octanol–water partition coefficient (Wildman–Crippen LogP) is 3.02. The summed E-state index contributed by atoms with van der Waals surface area (Å²) < 4.78 is 6.67. The molecule has 4 nitrogen and oxygen atoms in total. The largest absolute Gasteiger partial charge is 0.493 e. The average Bonchev–Trinajstić information content (AvgIpc) is 2.92. The van der Waals surface area contributed by atoms with Gasteiger partial charge in [0.15, 0.2) is 0 Å². The predicted molar refractivity (Wildman–Crippen MR) is 83.5 cm³/mol. The fourth-order valence-electron chi connectivity index (χ4n) is 2.44. The summed E-state index contributed by atoms with van der Waals surface area (Å²) in [6.07, 6.45) is 2.56. The summed E-state index contributed by atoms with van der Waals surface area (Å²) in [6.45, 7) is 3.02. The number of nitrogens with one attached hydrogen (secondary N) is 1. The summed E-state index contributed by atoms with van der Waals surface area (Å²) in [5.41, 5.74) is 3.63. The molecule has 1 amide bonds. The molecule has 5 heteroatoms. The van der Waals surface area contributed by atoms with Crippen molar-refractivity contribution in [2.45, 2.75) is 19.9 Å². The van der Waals surface area contributed by atoms with Gasteiger partial charge in [-0.05, 0) is 36.8 Å². The van der Waals surface area contributed by atoms with E-state index in [1.54, 1.807) is 18.3 Å². The SMILES string of the molecule is Cc1cc(C(=O)NCc2cc(Br)cc3c2OCC3)ccn1. The minimum absolute atomic E-state index is 0.104. The molecule has 0 spiro atoms. The normalized spacial score (nSPS) is 12.7. The summed E-state index contributed by atoms with van der Waals surface area (Å²) in [6, 6.07) is 7.55. The molecule has 1 N–H and O–H groups in total. The van der Waals surface area contributed by atoms with Crippen LogP contribution in [-0.2, 0) is 13.0 Å². The van der Waals surface area contributed by atoms with Crippen molar-refractivity contribution in [3.8, 4) is 5.75 Å². The van der Waals surface area contributed by atoms with E-state index in [1.807, 2.05) is 13.0 Å². The molecule has 108 valence electrons. The number of hydrogen-bond donors (Lipinski definition) is 1. The number of amides is 1. The Morgan fingerprint density at radius 3 is 3.10 bits per heavy atom. The zero-order chi connectivity index (χ0) is 14.8. The van der Waals surface area contributed by atoms with E-state index >= 15 is 0 Å². The first-order chi connectivity index (χ1) is 10.1. The van der Waals surface area contributed by atoms with E-state index in [2.05, 4.69) is 32.3 Å². The van der Waals surface area contributed by atoms with Crippen LogP contribution in [0.15, 0.2) is 34.9 Å². The molecule has 2 heterocycles. The third-order valence-electron chi connectivity index (χ3n) is 3.42. The fraction of sp³-hybridized carbons (Fsp3) is 0.250. The van der Waals surface area contributed by atoms with Gasteiger partial charge in [-0.2, -0.15) is 0 Å². The van der Waals surface area contributed by atoms with Crippen molar-refractivity contribution < 1.29 is 9.53 Å². The lowest BCUT2D eigenvalue weighted by Crippen LogP contribution is -2.23.